The van der Waals surface area contributed by atoms with Crippen LogP contribution in [0, 0.1) is 0 Å². The number of aliphatic hydroxyl groups excluding tert-OH is 1. The first-order chi connectivity index (χ1) is 9.52. The molecule has 1 amide bonds. The molecule has 0 heterocycles. The zero-order chi connectivity index (χ0) is 15.0. The molecule has 0 spiro atoms. The molecule has 20 heavy (non-hydrogen) atoms. The van der Waals surface area contributed by atoms with Crippen molar-refractivity contribution in [1.82, 2.24) is 5.32 Å². The Balaban J connectivity index is 2.44. The molecule has 0 saturated heterocycles. The molecule has 0 aromatic heterocycles. The van der Waals surface area contributed by atoms with Crippen LogP contribution in [0.15, 0.2) is 36.9 Å². The normalized spacial score (nSPS) is 12.0. The van der Waals surface area contributed by atoms with Gasteiger partial charge in [-0.25, -0.2) is 0 Å². The molecule has 1 aromatic rings. The molecule has 0 radical (unpaired) electrons. The maximum Gasteiger partial charge on any atom is 0.220 e. The summed E-state index contributed by atoms with van der Waals surface area (Å²) in [7, 11) is 0. The van der Waals surface area contributed by atoms with Gasteiger partial charge >= 0.3 is 0 Å². The van der Waals surface area contributed by atoms with Crippen LogP contribution >= 0.6 is 0 Å². The number of carbonyl (C=O) groups excluding carboxylic acids is 1. The van der Waals surface area contributed by atoms with E-state index in [0.717, 1.165) is 11.3 Å². The van der Waals surface area contributed by atoms with Crippen molar-refractivity contribution in [2.75, 3.05) is 6.54 Å². The third-order valence-electron chi connectivity index (χ3n) is 2.70. The summed E-state index contributed by atoms with van der Waals surface area (Å²) in [5.74, 6) is 0.690. The number of carbonyl (C=O) groups is 1. The van der Waals surface area contributed by atoms with Gasteiger partial charge in [-0.05, 0) is 38.0 Å². The molecule has 0 aliphatic heterocycles. The van der Waals surface area contributed by atoms with Gasteiger partial charge in [0.25, 0.3) is 0 Å². The molecule has 2 N–H and O–H groups in total. The van der Waals surface area contributed by atoms with Gasteiger partial charge in [-0.2, -0.15) is 0 Å². The first-order valence-electron chi connectivity index (χ1n) is 6.85. The second-order valence-electron chi connectivity index (χ2n) is 4.88. The average Bonchev–Trinajstić information content (AvgIpc) is 2.42. The number of allylic oxidation sites excluding steroid dienone is 1. The van der Waals surface area contributed by atoms with Gasteiger partial charge in [0.05, 0.1) is 12.2 Å². The minimum atomic E-state index is -0.712. The van der Waals surface area contributed by atoms with Crippen molar-refractivity contribution >= 4 is 5.91 Å². The fourth-order valence-corrected chi connectivity index (χ4v) is 1.69. The maximum absolute atomic E-state index is 11.4. The number of amides is 1. The van der Waals surface area contributed by atoms with E-state index in [1.54, 1.807) is 18.2 Å². The van der Waals surface area contributed by atoms with Gasteiger partial charge in [0, 0.05) is 13.0 Å². The van der Waals surface area contributed by atoms with Crippen molar-refractivity contribution in [1.29, 1.82) is 0 Å². The largest absolute Gasteiger partial charge is 0.491 e. The Kier molecular flexibility index (Phi) is 6.81. The fraction of sp³-hybridized carbons (Fsp3) is 0.438. The highest BCUT2D eigenvalue weighted by Crippen LogP contribution is 2.18. The molecule has 1 rings (SSSR count). The van der Waals surface area contributed by atoms with E-state index >= 15 is 0 Å². The maximum atomic E-state index is 11.4. The zero-order valence-corrected chi connectivity index (χ0v) is 12.1. The number of ether oxygens (including phenoxy) is 1. The number of hydrogen-bond donors (Lipinski definition) is 2. The van der Waals surface area contributed by atoms with E-state index in [2.05, 4.69) is 11.9 Å². The molecule has 0 aliphatic carbocycles. The molecule has 1 unspecified atom stereocenters. The Hall–Kier alpha value is -1.81. The lowest BCUT2D eigenvalue weighted by Gasteiger charge is -2.14. The summed E-state index contributed by atoms with van der Waals surface area (Å²) in [6.07, 6.45) is 2.15. The second kappa shape index (κ2) is 8.38. The number of hydrogen-bond acceptors (Lipinski definition) is 3. The van der Waals surface area contributed by atoms with Gasteiger partial charge in [0.1, 0.15) is 5.75 Å². The smallest absolute Gasteiger partial charge is 0.220 e. The number of aliphatic hydroxyl groups is 1. The van der Waals surface area contributed by atoms with Crippen LogP contribution in [0.4, 0.5) is 0 Å². The molecule has 1 aromatic carbocycles. The van der Waals surface area contributed by atoms with Crippen molar-refractivity contribution in [3.63, 3.8) is 0 Å². The fourth-order valence-electron chi connectivity index (χ4n) is 1.69. The van der Waals surface area contributed by atoms with Crippen LogP contribution in [0.3, 0.4) is 0 Å². The number of nitrogens with one attached hydrogen (secondary N) is 1. The van der Waals surface area contributed by atoms with Gasteiger partial charge < -0.3 is 15.2 Å². The monoisotopic (exact) mass is 277 g/mol. The second-order valence-corrected chi connectivity index (χ2v) is 4.88. The molecule has 0 bridgehead atoms. The summed E-state index contributed by atoms with van der Waals surface area (Å²) in [4.78, 5) is 11.4. The Morgan fingerprint density at radius 2 is 2.05 bits per heavy atom. The molecule has 110 valence electrons. The van der Waals surface area contributed by atoms with Gasteiger partial charge in [-0.1, -0.05) is 18.2 Å². The highest BCUT2D eigenvalue weighted by molar-refractivity contribution is 5.76. The topological polar surface area (TPSA) is 58.6 Å². The molecule has 0 aliphatic rings. The van der Waals surface area contributed by atoms with Crippen LogP contribution in [-0.2, 0) is 4.79 Å². The molecule has 0 saturated carbocycles. The number of rotatable bonds is 8. The van der Waals surface area contributed by atoms with E-state index in [1.165, 1.54) is 0 Å². The van der Waals surface area contributed by atoms with E-state index in [9.17, 15) is 9.90 Å². The van der Waals surface area contributed by atoms with Gasteiger partial charge in [0.2, 0.25) is 5.91 Å². The van der Waals surface area contributed by atoms with E-state index in [4.69, 9.17) is 4.74 Å². The average molecular weight is 277 g/mol. The first-order valence-corrected chi connectivity index (χ1v) is 6.85. The highest BCUT2D eigenvalue weighted by Gasteiger charge is 2.09. The summed E-state index contributed by atoms with van der Waals surface area (Å²) in [6.45, 7) is 7.69. The standard InChI is InChI=1S/C16H23NO3/c1-4-5-6-16(19)17-11-15(18)13-7-9-14(10-8-13)20-12(2)3/h4,7-10,12,15,18H,1,5-6,11H2,2-3H3,(H,17,19). The zero-order valence-electron chi connectivity index (χ0n) is 12.1. The van der Waals surface area contributed by atoms with Crippen molar-refractivity contribution in [3.8, 4) is 5.75 Å². The third kappa shape index (κ3) is 5.89. The molecule has 1 atom stereocenters. The van der Waals surface area contributed by atoms with E-state index in [0.29, 0.717) is 12.8 Å². The van der Waals surface area contributed by atoms with Gasteiger partial charge in [0.15, 0.2) is 0 Å². The summed E-state index contributed by atoms with van der Waals surface area (Å²) in [5.41, 5.74) is 0.755. The van der Waals surface area contributed by atoms with E-state index < -0.39 is 6.10 Å². The van der Waals surface area contributed by atoms with Gasteiger partial charge in [-0.15, -0.1) is 6.58 Å². The van der Waals surface area contributed by atoms with Gasteiger partial charge in [-0.3, -0.25) is 4.79 Å². The predicted octanol–water partition coefficient (Wildman–Crippen LogP) is 2.59. The van der Waals surface area contributed by atoms with Crippen LogP contribution in [0.25, 0.3) is 0 Å². The Morgan fingerprint density at radius 3 is 2.60 bits per heavy atom. The van der Waals surface area contributed by atoms with Crippen molar-refractivity contribution < 1.29 is 14.6 Å². The first kappa shape index (κ1) is 16.2. The van der Waals surface area contributed by atoms with Crippen LogP contribution in [0.2, 0.25) is 0 Å². The van der Waals surface area contributed by atoms with E-state index in [-0.39, 0.29) is 18.6 Å². The lowest BCUT2D eigenvalue weighted by atomic mass is 10.1. The molecule has 4 heteroatoms. The molecular weight excluding hydrogens is 254 g/mol. The Labute approximate surface area is 120 Å². The van der Waals surface area contributed by atoms with Crippen molar-refractivity contribution in [2.45, 2.75) is 38.9 Å². The highest BCUT2D eigenvalue weighted by atomic mass is 16.5. The quantitative estimate of drug-likeness (QED) is 0.718. The van der Waals surface area contributed by atoms with Crippen LogP contribution < -0.4 is 10.1 Å². The lowest BCUT2D eigenvalue weighted by Crippen LogP contribution is -2.27. The summed E-state index contributed by atoms with van der Waals surface area (Å²) in [5, 5.41) is 12.7. The van der Waals surface area contributed by atoms with Crippen LogP contribution in [0.5, 0.6) is 5.75 Å². The SMILES string of the molecule is C=CCCC(=O)NCC(O)c1ccc(OC(C)C)cc1. The molecule has 0 fully saturated rings. The van der Waals surface area contributed by atoms with Crippen LogP contribution in [-0.4, -0.2) is 23.7 Å². The minimum absolute atomic E-state index is 0.0799. The Morgan fingerprint density at radius 1 is 1.40 bits per heavy atom. The minimum Gasteiger partial charge on any atom is -0.491 e. The van der Waals surface area contributed by atoms with Crippen LogP contribution in [0.1, 0.15) is 38.4 Å². The van der Waals surface area contributed by atoms with E-state index in [1.807, 2.05) is 26.0 Å². The summed E-state index contributed by atoms with van der Waals surface area (Å²) in [6, 6.07) is 7.24. The lowest BCUT2D eigenvalue weighted by molar-refractivity contribution is -0.121. The Bertz CT molecular complexity index is 426. The van der Waals surface area contributed by atoms with Crippen molar-refractivity contribution in [2.24, 2.45) is 0 Å². The molecular formula is C16H23NO3. The predicted molar refractivity (Wildman–Crippen MR) is 79.6 cm³/mol. The van der Waals surface area contributed by atoms with Crippen molar-refractivity contribution in [3.05, 3.63) is 42.5 Å². The summed E-state index contributed by atoms with van der Waals surface area (Å²) >= 11 is 0. The third-order valence-corrected chi connectivity index (χ3v) is 2.70. The summed E-state index contributed by atoms with van der Waals surface area (Å²) < 4.78 is 5.53. The number of benzene rings is 1. The molecule has 4 nitrogen and oxygen atoms in total.